The lowest BCUT2D eigenvalue weighted by molar-refractivity contribution is -0.108. The molecule has 0 radical (unpaired) electrons. The fraction of sp³-hybridized carbons (Fsp3) is 0.375. The van der Waals surface area contributed by atoms with Gasteiger partial charge in [-0.25, -0.2) is 9.97 Å². The van der Waals surface area contributed by atoms with Crippen molar-refractivity contribution in [3.8, 4) is 0 Å². The van der Waals surface area contributed by atoms with Gasteiger partial charge in [0, 0.05) is 5.69 Å². The van der Waals surface area contributed by atoms with Crippen LogP contribution in [0, 0.1) is 6.92 Å². The number of pyridine rings is 1. The maximum absolute atomic E-state index is 12.4. The van der Waals surface area contributed by atoms with E-state index in [9.17, 15) is 9.59 Å². The van der Waals surface area contributed by atoms with E-state index in [1.807, 2.05) is 6.92 Å². The van der Waals surface area contributed by atoms with Gasteiger partial charge in [0.25, 0.3) is 5.56 Å². The molecular formula is C16H15N3O3. The van der Waals surface area contributed by atoms with Gasteiger partial charge in [-0.05, 0) is 43.7 Å². The highest BCUT2D eigenvalue weighted by atomic mass is 16.3. The summed E-state index contributed by atoms with van der Waals surface area (Å²) in [5, 5.41) is 0.866. The number of hydrogen-bond donors (Lipinski definition) is 0. The number of aldehydes is 1. The van der Waals surface area contributed by atoms with Crippen molar-refractivity contribution in [1.82, 2.24) is 14.5 Å². The van der Waals surface area contributed by atoms with Crippen molar-refractivity contribution in [3.63, 3.8) is 0 Å². The molecule has 0 atom stereocenters. The lowest BCUT2D eigenvalue weighted by atomic mass is 9.89. The monoisotopic (exact) mass is 297 g/mol. The van der Waals surface area contributed by atoms with Crippen LogP contribution in [0.5, 0.6) is 0 Å². The number of hydrogen-bond acceptors (Lipinski definition) is 5. The number of carbonyl (C=O) groups is 1. The molecule has 22 heavy (non-hydrogen) atoms. The maximum atomic E-state index is 12.4. The number of aryl methyl sites for hydroxylation is 2. The number of rotatable bonds is 2. The first kappa shape index (κ1) is 13.2. The molecule has 0 saturated heterocycles. The van der Waals surface area contributed by atoms with Crippen molar-refractivity contribution < 1.29 is 9.21 Å². The van der Waals surface area contributed by atoms with Gasteiger partial charge in [-0.15, -0.1) is 0 Å². The van der Waals surface area contributed by atoms with E-state index in [0.29, 0.717) is 17.5 Å². The van der Waals surface area contributed by atoms with E-state index < -0.39 is 0 Å². The van der Waals surface area contributed by atoms with Gasteiger partial charge >= 0.3 is 0 Å². The van der Waals surface area contributed by atoms with Gasteiger partial charge < -0.3 is 9.21 Å². The number of nitrogens with zero attached hydrogens (tertiary/aromatic N) is 3. The third kappa shape index (κ3) is 1.73. The van der Waals surface area contributed by atoms with Crippen LogP contribution in [0.3, 0.4) is 0 Å². The summed E-state index contributed by atoms with van der Waals surface area (Å²) in [5.74, 6) is 0. The predicted molar refractivity (Wildman–Crippen MR) is 81.0 cm³/mol. The van der Waals surface area contributed by atoms with E-state index in [2.05, 4.69) is 9.97 Å². The summed E-state index contributed by atoms with van der Waals surface area (Å²) in [6.45, 7) is 1.96. The number of furan rings is 1. The Balaban J connectivity index is 2.13. The Kier molecular flexibility index (Phi) is 2.85. The summed E-state index contributed by atoms with van der Waals surface area (Å²) < 4.78 is 6.94. The molecule has 0 fully saturated rings. The summed E-state index contributed by atoms with van der Waals surface area (Å²) in [6.07, 6.45) is 6.34. The van der Waals surface area contributed by atoms with Gasteiger partial charge in [0.2, 0.25) is 11.3 Å². The van der Waals surface area contributed by atoms with Crippen molar-refractivity contribution in [1.29, 1.82) is 0 Å². The molecule has 0 aliphatic heterocycles. The molecule has 1 aliphatic carbocycles. The second-order valence-electron chi connectivity index (χ2n) is 5.69. The first-order valence-corrected chi connectivity index (χ1v) is 7.44. The highest BCUT2D eigenvalue weighted by Gasteiger charge is 2.23. The molecule has 0 saturated carbocycles. The lowest BCUT2D eigenvalue weighted by Crippen LogP contribution is -2.20. The molecule has 6 nitrogen and oxygen atoms in total. The van der Waals surface area contributed by atoms with Crippen LogP contribution in [0.4, 0.5) is 0 Å². The molecule has 0 bridgehead atoms. The van der Waals surface area contributed by atoms with Crippen molar-refractivity contribution in [2.45, 2.75) is 39.2 Å². The number of fused-ring (bicyclic) bond motifs is 5. The summed E-state index contributed by atoms with van der Waals surface area (Å²) in [6, 6.07) is 0. The van der Waals surface area contributed by atoms with Crippen LogP contribution in [0.1, 0.15) is 29.7 Å². The minimum atomic E-state index is -0.336. The van der Waals surface area contributed by atoms with E-state index >= 15 is 0 Å². The molecule has 0 spiro atoms. The summed E-state index contributed by atoms with van der Waals surface area (Å²) in [5.41, 5.74) is 4.33. The quantitative estimate of drug-likeness (QED) is 0.675. The second-order valence-corrected chi connectivity index (χ2v) is 5.69. The highest BCUT2D eigenvalue weighted by molar-refractivity contribution is 6.03. The topological polar surface area (TPSA) is 78.0 Å². The Bertz CT molecular complexity index is 968. The molecular weight excluding hydrogens is 282 g/mol. The average Bonchev–Trinajstić information content (AvgIpc) is 2.90. The maximum Gasteiger partial charge on any atom is 0.297 e. The third-order valence-electron chi connectivity index (χ3n) is 4.39. The minimum Gasteiger partial charge on any atom is -0.430 e. The standard InChI is InChI=1S/C16H15N3O3/c1-9-10-4-2-3-5-11(10)12-13-14(22-15(12)18-9)16(21)19(6-7-20)8-17-13/h7-8H,2-6H2,1H3. The Morgan fingerprint density at radius 3 is 2.86 bits per heavy atom. The molecule has 3 heterocycles. The third-order valence-corrected chi connectivity index (χ3v) is 4.39. The SMILES string of the molecule is Cc1nc2oc3c(=O)n(CC=O)cnc3c2c2c1CCCC2. The van der Waals surface area contributed by atoms with Crippen LogP contribution in [0.25, 0.3) is 22.2 Å². The zero-order chi connectivity index (χ0) is 15.3. The van der Waals surface area contributed by atoms with Crippen molar-refractivity contribution >= 4 is 28.5 Å². The highest BCUT2D eigenvalue weighted by Crippen LogP contribution is 2.34. The van der Waals surface area contributed by atoms with Gasteiger partial charge in [-0.1, -0.05) is 0 Å². The fourth-order valence-corrected chi connectivity index (χ4v) is 3.35. The second kappa shape index (κ2) is 4.76. The molecule has 4 rings (SSSR count). The molecule has 3 aromatic rings. The molecule has 6 heteroatoms. The summed E-state index contributed by atoms with van der Waals surface area (Å²) in [7, 11) is 0. The molecule has 0 aromatic carbocycles. The largest absolute Gasteiger partial charge is 0.430 e. The first-order valence-electron chi connectivity index (χ1n) is 7.44. The average molecular weight is 297 g/mol. The smallest absolute Gasteiger partial charge is 0.297 e. The molecule has 0 unspecified atom stereocenters. The van der Waals surface area contributed by atoms with Crippen LogP contribution in [0.15, 0.2) is 15.5 Å². The summed E-state index contributed by atoms with van der Waals surface area (Å²) >= 11 is 0. The lowest BCUT2D eigenvalue weighted by Gasteiger charge is -2.17. The first-order chi connectivity index (χ1) is 10.7. The van der Waals surface area contributed by atoms with E-state index in [-0.39, 0.29) is 17.7 Å². The van der Waals surface area contributed by atoms with Gasteiger partial charge in [-0.2, -0.15) is 0 Å². The van der Waals surface area contributed by atoms with E-state index in [1.54, 1.807) is 0 Å². The molecule has 0 amide bonds. The Hall–Kier alpha value is -2.50. The van der Waals surface area contributed by atoms with E-state index in [1.165, 1.54) is 22.0 Å². The Morgan fingerprint density at radius 1 is 1.32 bits per heavy atom. The summed E-state index contributed by atoms with van der Waals surface area (Å²) in [4.78, 5) is 31.9. The number of aromatic nitrogens is 3. The molecule has 1 aliphatic rings. The van der Waals surface area contributed by atoms with Crippen LogP contribution in [-0.4, -0.2) is 20.8 Å². The van der Waals surface area contributed by atoms with Crippen molar-refractivity contribution in [2.24, 2.45) is 0 Å². The van der Waals surface area contributed by atoms with Crippen LogP contribution in [-0.2, 0) is 24.2 Å². The van der Waals surface area contributed by atoms with Gasteiger partial charge in [0.1, 0.15) is 11.8 Å². The van der Waals surface area contributed by atoms with Crippen LogP contribution >= 0.6 is 0 Å². The zero-order valence-electron chi connectivity index (χ0n) is 12.3. The van der Waals surface area contributed by atoms with Crippen LogP contribution in [0.2, 0.25) is 0 Å². The molecule has 112 valence electrons. The molecule has 0 N–H and O–H groups in total. The fourth-order valence-electron chi connectivity index (χ4n) is 3.35. The van der Waals surface area contributed by atoms with Crippen LogP contribution < -0.4 is 5.56 Å². The van der Waals surface area contributed by atoms with Crippen molar-refractivity contribution in [3.05, 3.63) is 33.5 Å². The van der Waals surface area contributed by atoms with Gasteiger partial charge in [-0.3, -0.25) is 9.36 Å². The van der Waals surface area contributed by atoms with E-state index in [0.717, 1.165) is 36.8 Å². The van der Waals surface area contributed by atoms with Gasteiger partial charge in [0.05, 0.1) is 18.3 Å². The Morgan fingerprint density at radius 2 is 2.09 bits per heavy atom. The Labute approximate surface area is 125 Å². The van der Waals surface area contributed by atoms with Crippen molar-refractivity contribution in [2.75, 3.05) is 0 Å². The van der Waals surface area contributed by atoms with Gasteiger partial charge in [0.15, 0.2) is 0 Å². The number of carbonyl (C=O) groups excluding carboxylic acids is 1. The molecule has 3 aromatic heterocycles. The predicted octanol–water partition coefficient (Wildman–Crippen LogP) is 1.92. The minimum absolute atomic E-state index is 0.0244. The van der Waals surface area contributed by atoms with E-state index in [4.69, 9.17) is 4.42 Å². The normalized spacial score (nSPS) is 14.4. The zero-order valence-corrected chi connectivity index (χ0v) is 12.3.